The van der Waals surface area contributed by atoms with E-state index in [0.717, 1.165) is 11.8 Å². The first-order chi connectivity index (χ1) is 11.4. The summed E-state index contributed by atoms with van der Waals surface area (Å²) in [5.41, 5.74) is 1.06. The van der Waals surface area contributed by atoms with Crippen molar-refractivity contribution >= 4 is 15.7 Å². The molecule has 24 heavy (non-hydrogen) atoms. The fourth-order valence-electron chi connectivity index (χ4n) is 2.20. The van der Waals surface area contributed by atoms with Gasteiger partial charge in [0.05, 0.1) is 4.90 Å². The Hall–Kier alpha value is -2.34. The van der Waals surface area contributed by atoms with Crippen molar-refractivity contribution in [3.63, 3.8) is 0 Å². The molecule has 0 radical (unpaired) electrons. The van der Waals surface area contributed by atoms with Crippen LogP contribution in [0.25, 0.3) is 0 Å². The molecule has 0 N–H and O–H groups in total. The molecule has 0 bridgehead atoms. The summed E-state index contributed by atoms with van der Waals surface area (Å²) in [4.78, 5) is 14.2. The minimum Gasteiger partial charge on any atom is -0.484 e. The number of likely N-dealkylation sites (N-methyl/N-ethyl adjacent to an activating group) is 1. The first-order valence-electron chi connectivity index (χ1n) is 7.64. The number of nitrogens with zero attached hydrogens (tertiary/aromatic N) is 1. The Morgan fingerprint density at radius 3 is 2.21 bits per heavy atom. The fourth-order valence-corrected chi connectivity index (χ4v) is 2.83. The number of hydrogen-bond donors (Lipinski definition) is 0. The molecule has 0 saturated carbocycles. The van der Waals surface area contributed by atoms with E-state index in [9.17, 15) is 13.2 Å². The normalized spacial score (nSPS) is 11.1. The van der Waals surface area contributed by atoms with Crippen LogP contribution in [0, 0.1) is 0 Å². The van der Waals surface area contributed by atoms with Crippen molar-refractivity contribution in [3.05, 3.63) is 60.2 Å². The lowest BCUT2D eigenvalue weighted by atomic mass is 10.2. The van der Waals surface area contributed by atoms with Gasteiger partial charge in [0, 0.05) is 19.3 Å². The van der Waals surface area contributed by atoms with E-state index in [-0.39, 0.29) is 17.4 Å². The Kier molecular flexibility index (Phi) is 5.98. The summed E-state index contributed by atoms with van der Waals surface area (Å²) in [5, 5.41) is 0. The molecule has 0 aromatic heterocycles. The highest BCUT2D eigenvalue weighted by Gasteiger charge is 2.13. The lowest BCUT2D eigenvalue weighted by Gasteiger charge is -2.21. The molecule has 0 fully saturated rings. The molecule has 0 spiro atoms. The third-order valence-corrected chi connectivity index (χ3v) is 4.69. The Labute approximate surface area is 142 Å². The number of ether oxygens (including phenoxy) is 1. The molecular formula is C18H21NO4S. The average Bonchev–Trinajstić information content (AvgIpc) is 2.58. The second kappa shape index (κ2) is 7.97. The lowest BCUT2D eigenvalue weighted by molar-refractivity contribution is -0.133. The molecule has 0 aliphatic carbocycles. The van der Waals surface area contributed by atoms with Crippen LogP contribution in [-0.2, 0) is 21.2 Å². The minimum absolute atomic E-state index is 0.0844. The van der Waals surface area contributed by atoms with Crippen molar-refractivity contribution in [2.45, 2.75) is 18.4 Å². The largest absolute Gasteiger partial charge is 0.484 e. The average molecular weight is 347 g/mol. The highest BCUT2D eigenvalue weighted by molar-refractivity contribution is 7.90. The van der Waals surface area contributed by atoms with E-state index in [1.807, 2.05) is 37.3 Å². The van der Waals surface area contributed by atoms with Gasteiger partial charge >= 0.3 is 0 Å². The molecular weight excluding hydrogens is 326 g/mol. The van der Waals surface area contributed by atoms with Gasteiger partial charge in [-0.2, -0.15) is 0 Å². The molecule has 2 aromatic carbocycles. The van der Waals surface area contributed by atoms with Crippen LogP contribution in [0.4, 0.5) is 0 Å². The molecule has 2 rings (SSSR count). The van der Waals surface area contributed by atoms with Crippen LogP contribution in [-0.4, -0.2) is 38.6 Å². The van der Waals surface area contributed by atoms with Crippen molar-refractivity contribution in [2.75, 3.05) is 19.4 Å². The Bertz CT molecular complexity index is 770. The Morgan fingerprint density at radius 1 is 1.04 bits per heavy atom. The third kappa shape index (κ3) is 5.09. The summed E-state index contributed by atoms with van der Waals surface area (Å²) in [5.74, 6) is 0.347. The van der Waals surface area contributed by atoms with Gasteiger partial charge in [-0.1, -0.05) is 30.3 Å². The van der Waals surface area contributed by atoms with E-state index in [4.69, 9.17) is 4.74 Å². The van der Waals surface area contributed by atoms with Crippen molar-refractivity contribution in [1.29, 1.82) is 0 Å². The van der Waals surface area contributed by atoms with E-state index in [0.29, 0.717) is 18.8 Å². The second-order valence-corrected chi connectivity index (χ2v) is 7.44. The van der Waals surface area contributed by atoms with E-state index in [2.05, 4.69) is 0 Å². The molecule has 0 aliphatic heterocycles. The van der Waals surface area contributed by atoms with E-state index >= 15 is 0 Å². The van der Waals surface area contributed by atoms with Crippen LogP contribution in [0.5, 0.6) is 5.75 Å². The van der Waals surface area contributed by atoms with E-state index in [1.165, 1.54) is 12.1 Å². The molecule has 5 nitrogen and oxygen atoms in total. The first-order valence-corrected chi connectivity index (χ1v) is 9.54. The summed E-state index contributed by atoms with van der Waals surface area (Å²) >= 11 is 0. The number of benzene rings is 2. The van der Waals surface area contributed by atoms with Crippen LogP contribution in [0.2, 0.25) is 0 Å². The van der Waals surface area contributed by atoms with Crippen molar-refractivity contribution < 1.29 is 17.9 Å². The standard InChI is InChI=1S/C18H21NO4S/c1-3-19(13-15-7-5-4-6-8-15)18(20)14-23-16-9-11-17(12-10-16)24(2,21)22/h4-12H,3,13-14H2,1-2H3. The second-order valence-electron chi connectivity index (χ2n) is 5.43. The van der Waals surface area contributed by atoms with Gasteiger partial charge in [-0.15, -0.1) is 0 Å². The third-order valence-electron chi connectivity index (χ3n) is 3.56. The molecule has 1 amide bonds. The van der Waals surface area contributed by atoms with Gasteiger partial charge in [-0.3, -0.25) is 4.79 Å². The Balaban J connectivity index is 1.93. The molecule has 6 heteroatoms. The highest BCUT2D eigenvalue weighted by Crippen LogP contribution is 2.16. The van der Waals surface area contributed by atoms with Gasteiger partial charge in [0.15, 0.2) is 16.4 Å². The zero-order chi connectivity index (χ0) is 17.6. The van der Waals surface area contributed by atoms with E-state index in [1.54, 1.807) is 17.0 Å². The summed E-state index contributed by atoms with van der Waals surface area (Å²) < 4.78 is 28.3. The molecule has 0 atom stereocenters. The highest BCUT2D eigenvalue weighted by atomic mass is 32.2. The smallest absolute Gasteiger partial charge is 0.260 e. The maximum Gasteiger partial charge on any atom is 0.260 e. The predicted octanol–water partition coefficient (Wildman–Crippen LogP) is 2.52. The maximum atomic E-state index is 12.3. The lowest BCUT2D eigenvalue weighted by Crippen LogP contribution is -2.34. The van der Waals surface area contributed by atoms with Gasteiger partial charge in [0.1, 0.15) is 5.75 Å². The van der Waals surface area contributed by atoms with Crippen molar-refractivity contribution in [2.24, 2.45) is 0 Å². The number of rotatable bonds is 7. The van der Waals surface area contributed by atoms with Gasteiger partial charge in [-0.05, 0) is 36.8 Å². The number of hydrogen-bond acceptors (Lipinski definition) is 4. The topological polar surface area (TPSA) is 63.7 Å². The number of amides is 1. The van der Waals surface area contributed by atoms with Gasteiger partial charge in [0.2, 0.25) is 0 Å². The summed E-state index contributed by atoms with van der Waals surface area (Å²) in [7, 11) is -3.23. The zero-order valence-corrected chi connectivity index (χ0v) is 14.6. The van der Waals surface area contributed by atoms with Gasteiger partial charge in [-0.25, -0.2) is 8.42 Å². The van der Waals surface area contributed by atoms with Crippen LogP contribution < -0.4 is 4.74 Å². The summed E-state index contributed by atoms with van der Waals surface area (Å²) in [6, 6.07) is 15.8. The summed E-state index contributed by atoms with van der Waals surface area (Å²) in [6.07, 6.45) is 1.15. The van der Waals surface area contributed by atoms with Crippen molar-refractivity contribution in [3.8, 4) is 5.75 Å². The van der Waals surface area contributed by atoms with Crippen LogP contribution in [0.15, 0.2) is 59.5 Å². The molecule has 2 aromatic rings. The van der Waals surface area contributed by atoms with E-state index < -0.39 is 9.84 Å². The monoisotopic (exact) mass is 347 g/mol. The van der Waals surface area contributed by atoms with Crippen LogP contribution in [0.3, 0.4) is 0 Å². The molecule has 128 valence electrons. The van der Waals surface area contributed by atoms with Gasteiger partial charge < -0.3 is 9.64 Å². The first kappa shape index (κ1) is 18.0. The quantitative estimate of drug-likeness (QED) is 0.772. The SMILES string of the molecule is CCN(Cc1ccccc1)C(=O)COc1ccc(S(C)(=O)=O)cc1. The fraction of sp³-hybridized carbons (Fsp3) is 0.278. The molecule has 0 unspecified atom stereocenters. The minimum atomic E-state index is -3.23. The molecule has 0 aliphatic rings. The number of sulfone groups is 1. The van der Waals surface area contributed by atoms with Crippen LogP contribution >= 0.6 is 0 Å². The molecule has 0 saturated heterocycles. The molecule has 0 heterocycles. The van der Waals surface area contributed by atoms with Crippen LogP contribution in [0.1, 0.15) is 12.5 Å². The van der Waals surface area contributed by atoms with Crippen molar-refractivity contribution in [1.82, 2.24) is 4.90 Å². The number of carbonyl (C=O) groups excluding carboxylic acids is 1. The number of carbonyl (C=O) groups is 1. The van der Waals surface area contributed by atoms with Gasteiger partial charge in [0.25, 0.3) is 5.91 Å². The maximum absolute atomic E-state index is 12.3. The Morgan fingerprint density at radius 2 is 1.67 bits per heavy atom. The zero-order valence-electron chi connectivity index (χ0n) is 13.8. The predicted molar refractivity (Wildman–Crippen MR) is 92.6 cm³/mol. The summed E-state index contributed by atoms with van der Waals surface area (Å²) in [6.45, 7) is 2.96.